The van der Waals surface area contributed by atoms with Crippen LogP contribution in [0, 0.1) is 0 Å². The minimum atomic E-state index is 0.0702. The van der Waals surface area contributed by atoms with Crippen molar-refractivity contribution in [2.75, 3.05) is 19.6 Å². The molecule has 0 heterocycles. The average molecular weight is 304 g/mol. The Morgan fingerprint density at radius 1 is 1.18 bits per heavy atom. The van der Waals surface area contributed by atoms with Crippen molar-refractivity contribution in [1.82, 2.24) is 10.2 Å². The molecule has 5 nitrogen and oxygen atoms in total. The molecule has 0 saturated heterocycles. The van der Waals surface area contributed by atoms with E-state index < -0.39 is 0 Å². The first-order chi connectivity index (χ1) is 10.6. The van der Waals surface area contributed by atoms with Gasteiger partial charge in [0.15, 0.2) is 5.96 Å². The highest BCUT2D eigenvalue weighted by atomic mass is 16.2. The largest absolute Gasteiger partial charge is 0.370 e. The van der Waals surface area contributed by atoms with Crippen LogP contribution in [0.5, 0.6) is 0 Å². The van der Waals surface area contributed by atoms with Crippen LogP contribution in [-0.4, -0.2) is 36.4 Å². The summed E-state index contributed by atoms with van der Waals surface area (Å²) in [6.45, 7) is 8.92. The number of unbranched alkanes of at least 4 members (excludes halogenated alkanes) is 1. The highest BCUT2D eigenvalue weighted by Gasteiger charge is 2.11. The van der Waals surface area contributed by atoms with Gasteiger partial charge in [-0.15, -0.1) is 0 Å². The van der Waals surface area contributed by atoms with Gasteiger partial charge in [0, 0.05) is 25.2 Å². The molecule has 22 heavy (non-hydrogen) atoms. The third kappa shape index (κ3) is 5.76. The normalized spacial score (nSPS) is 11.3. The number of aliphatic imine (C=N–C) groups is 1. The van der Waals surface area contributed by atoms with Crippen LogP contribution < -0.4 is 11.1 Å². The van der Waals surface area contributed by atoms with E-state index in [-0.39, 0.29) is 5.91 Å². The van der Waals surface area contributed by atoms with Crippen molar-refractivity contribution in [3.05, 3.63) is 35.4 Å². The van der Waals surface area contributed by atoms with Crippen LogP contribution in [-0.2, 0) is 6.54 Å². The van der Waals surface area contributed by atoms with Gasteiger partial charge in [0.25, 0.3) is 5.91 Å². The lowest BCUT2D eigenvalue weighted by molar-refractivity contribution is 0.0773. The van der Waals surface area contributed by atoms with Gasteiger partial charge in [-0.3, -0.25) is 4.79 Å². The number of amides is 1. The number of carbonyl (C=O) groups excluding carboxylic acids is 1. The molecule has 0 bridgehead atoms. The molecule has 0 spiro atoms. The van der Waals surface area contributed by atoms with Gasteiger partial charge < -0.3 is 16.0 Å². The molecule has 122 valence electrons. The topological polar surface area (TPSA) is 70.7 Å². The van der Waals surface area contributed by atoms with Crippen LogP contribution in [0.4, 0.5) is 0 Å². The molecule has 0 radical (unpaired) electrons. The Morgan fingerprint density at radius 3 is 2.36 bits per heavy atom. The minimum Gasteiger partial charge on any atom is -0.370 e. The van der Waals surface area contributed by atoms with Crippen molar-refractivity contribution in [2.45, 2.75) is 40.2 Å². The summed E-state index contributed by atoms with van der Waals surface area (Å²) in [6, 6.07) is 7.57. The quantitative estimate of drug-likeness (QED) is 0.440. The summed E-state index contributed by atoms with van der Waals surface area (Å²) in [4.78, 5) is 18.3. The van der Waals surface area contributed by atoms with E-state index in [9.17, 15) is 4.79 Å². The maximum atomic E-state index is 12.2. The van der Waals surface area contributed by atoms with E-state index in [4.69, 9.17) is 5.73 Å². The molecule has 1 rings (SSSR count). The first-order valence-corrected chi connectivity index (χ1v) is 8.04. The monoisotopic (exact) mass is 304 g/mol. The Hall–Kier alpha value is -2.04. The molecule has 0 saturated carbocycles. The molecule has 1 aromatic rings. The first-order valence-electron chi connectivity index (χ1n) is 8.04. The van der Waals surface area contributed by atoms with Gasteiger partial charge in [-0.2, -0.15) is 0 Å². The predicted octanol–water partition coefficient (Wildman–Crippen LogP) is 2.37. The van der Waals surface area contributed by atoms with Crippen LogP contribution in [0.3, 0.4) is 0 Å². The lowest BCUT2D eigenvalue weighted by Crippen LogP contribution is -2.32. The smallest absolute Gasteiger partial charge is 0.253 e. The number of benzene rings is 1. The molecule has 0 aliphatic carbocycles. The van der Waals surface area contributed by atoms with Gasteiger partial charge >= 0.3 is 0 Å². The fourth-order valence-corrected chi connectivity index (χ4v) is 2.07. The number of nitrogens with zero attached hydrogens (tertiary/aromatic N) is 2. The van der Waals surface area contributed by atoms with Crippen LogP contribution in [0.1, 0.15) is 49.5 Å². The Morgan fingerprint density at radius 2 is 1.82 bits per heavy atom. The molecular formula is C17H28N4O. The van der Waals surface area contributed by atoms with E-state index >= 15 is 0 Å². The second-order valence-electron chi connectivity index (χ2n) is 5.16. The van der Waals surface area contributed by atoms with Gasteiger partial charge in [-0.1, -0.05) is 25.5 Å². The summed E-state index contributed by atoms with van der Waals surface area (Å²) >= 11 is 0. The van der Waals surface area contributed by atoms with Crippen LogP contribution >= 0.6 is 0 Å². The third-order valence-electron chi connectivity index (χ3n) is 3.52. The summed E-state index contributed by atoms with van der Waals surface area (Å²) in [7, 11) is 0. The summed E-state index contributed by atoms with van der Waals surface area (Å²) in [6.07, 6.45) is 2.21. The van der Waals surface area contributed by atoms with E-state index in [1.54, 1.807) is 0 Å². The summed E-state index contributed by atoms with van der Waals surface area (Å²) in [5, 5.41) is 3.08. The van der Waals surface area contributed by atoms with E-state index in [1.165, 1.54) is 0 Å². The number of hydrogen-bond acceptors (Lipinski definition) is 2. The fourth-order valence-electron chi connectivity index (χ4n) is 2.07. The molecule has 0 fully saturated rings. The zero-order valence-corrected chi connectivity index (χ0v) is 13.9. The van der Waals surface area contributed by atoms with Gasteiger partial charge in [0.05, 0.1) is 6.54 Å². The SMILES string of the molecule is CCCCNC(N)=NCc1ccc(C(=O)N(CC)CC)cc1. The van der Waals surface area contributed by atoms with Gasteiger partial charge in [0.2, 0.25) is 0 Å². The highest BCUT2D eigenvalue weighted by molar-refractivity contribution is 5.94. The lowest BCUT2D eigenvalue weighted by Gasteiger charge is -2.18. The van der Waals surface area contributed by atoms with Crippen molar-refractivity contribution >= 4 is 11.9 Å². The maximum Gasteiger partial charge on any atom is 0.253 e. The Labute approximate surface area is 133 Å². The van der Waals surface area contributed by atoms with Crippen molar-refractivity contribution < 1.29 is 4.79 Å². The number of guanidine groups is 1. The fraction of sp³-hybridized carbons (Fsp3) is 0.529. The Kier molecular flexibility index (Phi) is 8.04. The van der Waals surface area contributed by atoms with E-state index in [0.717, 1.165) is 38.0 Å². The van der Waals surface area contributed by atoms with Gasteiger partial charge in [0.1, 0.15) is 0 Å². The van der Waals surface area contributed by atoms with Crippen molar-refractivity contribution in [2.24, 2.45) is 10.7 Å². The second-order valence-corrected chi connectivity index (χ2v) is 5.16. The maximum absolute atomic E-state index is 12.2. The Balaban J connectivity index is 2.58. The molecule has 0 unspecified atom stereocenters. The van der Waals surface area contributed by atoms with E-state index in [0.29, 0.717) is 18.1 Å². The zero-order valence-electron chi connectivity index (χ0n) is 13.9. The van der Waals surface area contributed by atoms with Crippen LogP contribution in [0.15, 0.2) is 29.3 Å². The highest BCUT2D eigenvalue weighted by Crippen LogP contribution is 2.08. The summed E-state index contributed by atoms with van der Waals surface area (Å²) < 4.78 is 0. The van der Waals surface area contributed by atoms with Gasteiger partial charge in [-0.05, 0) is 38.0 Å². The van der Waals surface area contributed by atoms with E-state index in [1.807, 2.05) is 43.0 Å². The van der Waals surface area contributed by atoms with Crippen molar-refractivity contribution in [1.29, 1.82) is 0 Å². The molecule has 0 aliphatic heterocycles. The Bertz CT molecular complexity index is 478. The summed E-state index contributed by atoms with van der Waals surface area (Å²) in [5.41, 5.74) is 7.55. The lowest BCUT2D eigenvalue weighted by atomic mass is 10.1. The first kappa shape index (κ1) is 18.0. The molecule has 0 aromatic heterocycles. The number of hydrogen-bond donors (Lipinski definition) is 2. The summed E-state index contributed by atoms with van der Waals surface area (Å²) in [5.74, 6) is 0.539. The standard InChI is InChI=1S/C17H28N4O/c1-4-7-12-19-17(18)20-13-14-8-10-15(11-9-14)16(22)21(5-2)6-3/h8-11H,4-7,12-13H2,1-3H3,(H3,18,19,20). The van der Waals surface area contributed by atoms with Crippen LogP contribution in [0.25, 0.3) is 0 Å². The van der Waals surface area contributed by atoms with Crippen LogP contribution in [0.2, 0.25) is 0 Å². The molecular weight excluding hydrogens is 276 g/mol. The average Bonchev–Trinajstić information content (AvgIpc) is 2.54. The number of rotatable bonds is 8. The van der Waals surface area contributed by atoms with E-state index in [2.05, 4.69) is 17.2 Å². The number of nitrogens with one attached hydrogen (secondary N) is 1. The molecule has 0 atom stereocenters. The third-order valence-corrected chi connectivity index (χ3v) is 3.52. The van der Waals surface area contributed by atoms with Crippen molar-refractivity contribution in [3.8, 4) is 0 Å². The van der Waals surface area contributed by atoms with Gasteiger partial charge in [-0.25, -0.2) is 4.99 Å². The molecule has 1 amide bonds. The molecule has 5 heteroatoms. The van der Waals surface area contributed by atoms with Crippen molar-refractivity contribution in [3.63, 3.8) is 0 Å². The molecule has 0 aliphatic rings. The second kappa shape index (κ2) is 9.82. The molecule has 1 aromatic carbocycles. The predicted molar refractivity (Wildman–Crippen MR) is 91.9 cm³/mol. The molecule has 3 N–H and O–H groups in total. The number of carbonyl (C=O) groups is 1. The number of nitrogens with two attached hydrogens (primary N) is 1. The minimum absolute atomic E-state index is 0.0702. The zero-order chi connectivity index (χ0) is 16.4.